The van der Waals surface area contributed by atoms with Gasteiger partial charge in [0.15, 0.2) is 0 Å². The number of nitrogens with zero attached hydrogens (tertiary/aromatic N) is 1. The molecule has 134 valence electrons. The topological polar surface area (TPSA) is 66.5 Å². The van der Waals surface area contributed by atoms with Crippen molar-refractivity contribution in [2.24, 2.45) is 0 Å². The monoisotopic (exact) mass is 364 g/mol. The fourth-order valence-corrected chi connectivity index (χ4v) is 3.34. The van der Waals surface area contributed by atoms with E-state index in [9.17, 15) is 17.6 Å². The maximum atomic E-state index is 13.1. The third-order valence-corrected chi connectivity index (χ3v) is 4.89. The van der Waals surface area contributed by atoms with Crippen molar-refractivity contribution in [1.82, 2.24) is 5.32 Å². The highest BCUT2D eigenvalue weighted by atomic mass is 32.2. The molecule has 0 aliphatic rings. The van der Waals surface area contributed by atoms with E-state index in [1.807, 2.05) is 37.3 Å². The lowest BCUT2D eigenvalue weighted by molar-refractivity contribution is -0.120. The summed E-state index contributed by atoms with van der Waals surface area (Å²) in [5, 5.41) is 2.85. The highest BCUT2D eigenvalue weighted by Crippen LogP contribution is 2.19. The minimum Gasteiger partial charge on any atom is -0.348 e. The van der Waals surface area contributed by atoms with Crippen molar-refractivity contribution in [1.29, 1.82) is 0 Å². The van der Waals surface area contributed by atoms with Crippen molar-refractivity contribution >= 4 is 21.6 Å². The van der Waals surface area contributed by atoms with Gasteiger partial charge in [-0.25, -0.2) is 12.8 Å². The summed E-state index contributed by atoms with van der Waals surface area (Å²) in [7, 11) is -3.68. The van der Waals surface area contributed by atoms with Gasteiger partial charge in [0.25, 0.3) is 0 Å². The molecule has 0 bridgehead atoms. The van der Waals surface area contributed by atoms with Crippen molar-refractivity contribution in [2.45, 2.75) is 19.4 Å². The van der Waals surface area contributed by atoms with Crippen molar-refractivity contribution in [2.75, 3.05) is 17.1 Å². The number of benzene rings is 2. The summed E-state index contributed by atoms with van der Waals surface area (Å²) in [4.78, 5) is 12.4. The zero-order chi connectivity index (χ0) is 18.4. The second kappa shape index (κ2) is 8.11. The van der Waals surface area contributed by atoms with Crippen LogP contribution in [0.3, 0.4) is 0 Å². The molecule has 1 amide bonds. The van der Waals surface area contributed by atoms with Crippen LogP contribution in [0.15, 0.2) is 54.6 Å². The summed E-state index contributed by atoms with van der Waals surface area (Å²) >= 11 is 0. The number of nitrogens with one attached hydrogen (secondary N) is 1. The molecule has 1 N–H and O–H groups in total. The molecule has 0 aliphatic heterocycles. The fraction of sp³-hybridized carbons (Fsp3) is 0.278. The summed E-state index contributed by atoms with van der Waals surface area (Å²) in [6.07, 6.45) is 1.68. The third kappa shape index (κ3) is 5.29. The number of carbonyl (C=O) groups is 1. The van der Waals surface area contributed by atoms with Gasteiger partial charge in [0.1, 0.15) is 12.4 Å². The summed E-state index contributed by atoms with van der Waals surface area (Å²) in [6, 6.07) is 14.2. The molecular formula is C18H21FN2O3S. The Hall–Kier alpha value is -2.41. The van der Waals surface area contributed by atoms with E-state index in [1.54, 1.807) is 0 Å². The van der Waals surface area contributed by atoms with Gasteiger partial charge >= 0.3 is 0 Å². The van der Waals surface area contributed by atoms with Crippen LogP contribution in [0.25, 0.3) is 0 Å². The Morgan fingerprint density at radius 1 is 1.12 bits per heavy atom. The molecule has 0 aromatic heterocycles. The van der Waals surface area contributed by atoms with Crippen LogP contribution >= 0.6 is 0 Å². The van der Waals surface area contributed by atoms with E-state index >= 15 is 0 Å². The lowest BCUT2D eigenvalue weighted by Gasteiger charge is -2.24. The van der Waals surface area contributed by atoms with Crippen LogP contribution in [0.2, 0.25) is 0 Å². The second-order valence-electron chi connectivity index (χ2n) is 5.69. The Balaban J connectivity index is 2.15. The van der Waals surface area contributed by atoms with Crippen LogP contribution < -0.4 is 9.62 Å². The van der Waals surface area contributed by atoms with Gasteiger partial charge in [-0.3, -0.25) is 9.10 Å². The van der Waals surface area contributed by atoms with Crippen LogP contribution in [0.1, 0.15) is 24.9 Å². The summed E-state index contributed by atoms with van der Waals surface area (Å²) in [5.74, 6) is -0.901. The van der Waals surface area contributed by atoms with Gasteiger partial charge in [0.2, 0.25) is 15.9 Å². The van der Waals surface area contributed by atoms with Crippen molar-refractivity contribution in [3.05, 3.63) is 66.0 Å². The van der Waals surface area contributed by atoms with E-state index in [4.69, 9.17) is 0 Å². The average Bonchev–Trinajstić information content (AvgIpc) is 2.58. The number of amides is 1. The van der Waals surface area contributed by atoms with E-state index in [0.717, 1.165) is 28.3 Å². The first kappa shape index (κ1) is 18.9. The minimum atomic E-state index is -3.68. The van der Waals surface area contributed by atoms with Crippen molar-refractivity contribution in [3.8, 4) is 0 Å². The second-order valence-corrected chi connectivity index (χ2v) is 7.59. The molecule has 0 heterocycles. The molecule has 2 rings (SSSR count). The van der Waals surface area contributed by atoms with E-state index in [-0.39, 0.29) is 18.3 Å². The molecule has 0 aliphatic carbocycles. The number of halogens is 1. The Morgan fingerprint density at radius 3 is 2.24 bits per heavy atom. The lowest BCUT2D eigenvalue weighted by atomic mass is 10.0. The van der Waals surface area contributed by atoms with E-state index in [2.05, 4.69) is 5.32 Å². The number of anilines is 1. The Labute approximate surface area is 147 Å². The molecule has 7 heteroatoms. The number of hydrogen-bond acceptors (Lipinski definition) is 3. The largest absolute Gasteiger partial charge is 0.348 e. The minimum absolute atomic E-state index is 0.205. The molecule has 1 unspecified atom stereocenters. The molecule has 1 atom stereocenters. The Kier molecular flexibility index (Phi) is 6.14. The molecule has 2 aromatic rings. The maximum absolute atomic E-state index is 13.1. The molecule has 0 saturated carbocycles. The summed E-state index contributed by atoms with van der Waals surface area (Å²) < 4.78 is 38.1. The SMILES string of the molecule is CCC(NC(=O)CN(c1ccc(F)cc1)S(C)(=O)=O)c1ccccc1. The zero-order valence-corrected chi connectivity index (χ0v) is 15.0. The molecule has 0 spiro atoms. The van der Waals surface area contributed by atoms with E-state index < -0.39 is 21.7 Å². The smallest absolute Gasteiger partial charge is 0.241 e. The highest BCUT2D eigenvalue weighted by Gasteiger charge is 2.22. The van der Waals surface area contributed by atoms with Gasteiger partial charge in [-0.05, 0) is 36.2 Å². The predicted octanol–water partition coefficient (Wildman–Crippen LogP) is 2.86. The third-order valence-electron chi connectivity index (χ3n) is 3.75. The van der Waals surface area contributed by atoms with Crippen LogP contribution in [0, 0.1) is 5.82 Å². The molecule has 2 aromatic carbocycles. The summed E-state index contributed by atoms with van der Waals surface area (Å²) in [6.45, 7) is 1.57. The van der Waals surface area contributed by atoms with Gasteiger partial charge in [-0.1, -0.05) is 37.3 Å². The average molecular weight is 364 g/mol. The zero-order valence-electron chi connectivity index (χ0n) is 14.1. The predicted molar refractivity (Wildman–Crippen MR) is 96.2 cm³/mol. The van der Waals surface area contributed by atoms with Crippen molar-refractivity contribution in [3.63, 3.8) is 0 Å². The van der Waals surface area contributed by atoms with Crippen LogP contribution in [0.5, 0.6) is 0 Å². The Morgan fingerprint density at radius 2 is 1.72 bits per heavy atom. The number of rotatable bonds is 7. The van der Waals surface area contributed by atoms with Crippen molar-refractivity contribution < 1.29 is 17.6 Å². The lowest BCUT2D eigenvalue weighted by Crippen LogP contribution is -2.41. The molecule has 0 saturated heterocycles. The molecule has 0 radical (unpaired) electrons. The fourth-order valence-electron chi connectivity index (χ4n) is 2.48. The normalized spacial score (nSPS) is 12.4. The molecule has 25 heavy (non-hydrogen) atoms. The van der Waals surface area contributed by atoms with E-state index in [0.29, 0.717) is 6.42 Å². The maximum Gasteiger partial charge on any atom is 0.241 e. The van der Waals surface area contributed by atoms with Crippen LogP contribution in [-0.4, -0.2) is 27.1 Å². The van der Waals surface area contributed by atoms with Gasteiger partial charge in [0.05, 0.1) is 18.0 Å². The van der Waals surface area contributed by atoms with Gasteiger partial charge in [0, 0.05) is 0 Å². The number of carbonyl (C=O) groups excluding carboxylic acids is 1. The molecular weight excluding hydrogens is 343 g/mol. The standard InChI is InChI=1S/C18H21FN2O3S/c1-3-17(14-7-5-4-6-8-14)20-18(22)13-21(25(2,23)24)16-11-9-15(19)10-12-16/h4-12,17H,3,13H2,1-2H3,(H,20,22). The van der Waals surface area contributed by atoms with E-state index in [1.165, 1.54) is 12.1 Å². The first-order valence-electron chi connectivity index (χ1n) is 7.89. The number of sulfonamides is 1. The van der Waals surface area contributed by atoms with Gasteiger partial charge in [-0.2, -0.15) is 0 Å². The van der Waals surface area contributed by atoms with Crippen LogP contribution in [-0.2, 0) is 14.8 Å². The van der Waals surface area contributed by atoms with Crippen LogP contribution in [0.4, 0.5) is 10.1 Å². The van der Waals surface area contributed by atoms with Gasteiger partial charge in [-0.15, -0.1) is 0 Å². The molecule has 0 fully saturated rings. The first-order valence-corrected chi connectivity index (χ1v) is 9.73. The highest BCUT2D eigenvalue weighted by molar-refractivity contribution is 7.92. The first-order chi connectivity index (χ1) is 11.8. The Bertz CT molecular complexity index is 808. The summed E-state index contributed by atoms with van der Waals surface area (Å²) in [5.41, 5.74) is 1.19. The number of hydrogen-bond donors (Lipinski definition) is 1. The quantitative estimate of drug-likeness (QED) is 0.821. The molecule has 5 nitrogen and oxygen atoms in total. The van der Waals surface area contributed by atoms with Gasteiger partial charge < -0.3 is 5.32 Å².